The van der Waals surface area contributed by atoms with Crippen LogP contribution in [0.15, 0.2) is 12.1 Å². The Morgan fingerprint density at radius 2 is 1.78 bits per heavy atom. The number of carbonyl (C=O) groups is 2. The molecule has 2 amide bonds. The third kappa shape index (κ3) is 4.58. The van der Waals surface area contributed by atoms with Crippen molar-refractivity contribution >= 4 is 52.5 Å². The van der Waals surface area contributed by atoms with Crippen LogP contribution in [0.1, 0.15) is 0 Å². The smallest absolute Gasteiger partial charge is 0.343 e. The highest BCUT2D eigenvalue weighted by molar-refractivity contribution is 6.42. The minimum Gasteiger partial charge on any atom is -0.479 e. The monoisotopic (exact) mass is 312 g/mol. The van der Waals surface area contributed by atoms with Crippen LogP contribution in [0.25, 0.3) is 0 Å². The average molecular weight is 314 g/mol. The van der Waals surface area contributed by atoms with Gasteiger partial charge in [0.15, 0.2) is 6.61 Å². The number of carboxylic acid groups (broad SMARTS) is 1. The number of anilines is 1. The summed E-state index contributed by atoms with van der Waals surface area (Å²) in [5.41, 5.74) is 1.99. The minimum absolute atomic E-state index is 0.138. The fraction of sp³-hybridized carbons (Fsp3) is 0.111. The van der Waals surface area contributed by atoms with Crippen molar-refractivity contribution in [2.24, 2.45) is 0 Å². The molecule has 0 aromatic heterocycles. The number of nitrogens with one attached hydrogen (secondary N) is 2. The summed E-state index contributed by atoms with van der Waals surface area (Å²) in [6.45, 7) is -0.671. The highest BCUT2D eigenvalue weighted by Crippen LogP contribution is 2.33. The molecule has 0 unspecified atom stereocenters. The van der Waals surface area contributed by atoms with Gasteiger partial charge < -0.3 is 10.4 Å². The second kappa shape index (κ2) is 6.65. The van der Waals surface area contributed by atoms with E-state index in [0.29, 0.717) is 5.02 Å². The largest absolute Gasteiger partial charge is 0.479 e. The van der Waals surface area contributed by atoms with E-state index in [1.807, 2.05) is 5.48 Å². The first-order chi connectivity index (χ1) is 8.40. The Hall–Kier alpha value is -1.21. The van der Waals surface area contributed by atoms with E-state index >= 15 is 0 Å². The van der Waals surface area contributed by atoms with E-state index in [4.69, 9.17) is 39.9 Å². The molecule has 0 aliphatic heterocycles. The molecule has 1 rings (SSSR count). The summed E-state index contributed by atoms with van der Waals surface area (Å²) in [7, 11) is 0. The number of rotatable bonds is 4. The first kappa shape index (κ1) is 14.8. The molecule has 0 aliphatic rings. The molecule has 0 fully saturated rings. The van der Waals surface area contributed by atoms with Crippen molar-refractivity contribution in [3.05, 3.63) is 27.2 Å². The molecule has 0 heterocycles. The van der Waals surface area contributed by atoms with Gasteiger partial charge in [0.2, 0.25) is 0 Å². The van der Waals surface area contributed by atoms with Gasteiger partial charge in [0.05, 0.1) is 15.7 Å². The van der Waals surface area contributed by atoms with Gasteiger partial charge in [0, 0.05) is 5.02 Å². The molecule has 98 valence electrons. The fourth-order valence-corrected chi connectivity index (χ4v) is 1.88. The predicted molar refractivity (Wildman–Crippen MR) is 67.2 cm³/mol. The van der Waals surface area contributed by atoms with E-state index < -0.39 is 18.6 Å². The van der Waals surface area contributed by atoms with E-state index in [1.54, 1.807) is 0 Å². The molecule has 0 saturated carbocycles. The van der Waals surface area contributed by atoms with Gasteiger partial charge in [-0.05, 0) is 12.1 Å². The van der Waals surface area contributed by atoms with Gasteiger partial charge in [-0.2, -0.15) is 0 Å². The summed E-state index contributed by atoms with van der Waals surface area (Å²) in [5.74, 6) is -1.22. The molecule has 0 spiro atoms. The third-order valence-corrected chi connectivity index (χ3v) is 2.42. The summed E-state index contributed by atoms with van der Waals surface area (Å²) in [6.07, 6.45) is 0. The molecule has 0 aliphatic carbocycles. The van der Waals surface area contributed by atoms with E-state index in [-0.39, 0.29) is 15.7 Å². The highest BCUT2D eigenvalue weighted by atomic mass is 35.5. The number of carbonyl (C=O) groups excluding carboxylic acids is 1. The van der Waals surface area contributed by atoms with Crippen molar-refractivity contribution in [1.29, 1.82) is 0 Å². The molecule has 1 aromatic rings. The number of aliphatic carboxylic acids is 1. The molecule has 9 heteroatoms. The van der Waals surface area contributed by atoms with Crippen LogP contribution in [0.5, 0.6) is 0 Å². The van der Waals surface area contributed by atoms with Crippen molar-refractivity contribution in [3.8, 4) is 0 Å². The minimum atomic E-state index is -1.22. The Bertz CT molecular complexity index is 458. The Kier molecular flexibility index (Phi) is 5.49. The van der Waals surface area contributed by atoms with Crippen molar-refractivity contribution in [3.63, 3.8) is 0 Å². The predicted octanol–water partition coefficient (Wildman–Crippen LogP) is 2.78. The summed E-state index contributed by atoms with van der Waals surface area (Å²) in [4.78, 5) is 25.8. The van der Waals surface area contributed by atoms with Gasteiger partial charge in [-0.15, -0.1) is 0 Å². The van der Waals surface area contributed by atoms with Crippen molar-refractivity contribution in [2.45, 2.75) is 0 Å². The molecule has 18 heavy (non-hydrogen) atoms. The van der Waals surface area contributed by atoms with Crippen LogP contribution in [-0.2, 0) is 9.63 Å². The van der Waals surface area contributed by atoms with Crippen molar-refractivity contribution in [1.82, 2.24) is 5.48 Å². The zero-order valence-corrected chi connectivity index (χ0v) is 10.9. The van der Waals surface area contributed by atoms with Crippen molar-refractivity contribution < 1.29 is 19.5 Å². The SMILES string of the molecule is O=C(O)CONC(=O)Nc1c(Cl)cc(Cl)cc1Cl. The van der Waals surface area contributed by atoms with Crippen LogP contribution in [-0.4, -0.2) is 23.7 Å². The van der Waals surface area contributed by atoms with E-state index in [1.165, 1.54) is 12.1 Å². The van der Waals surface area contributed by atoms with Crippen LogP contribution in [0.2, 0.25) is 15.1 Å². The Morgan fingerprint density at radius 3 is 2.28 bits per heavy atom. The number of urea groups is 1. The summed E-state index contributed by atoms with van der Waals surface area (Å²) >= 11 is 17.3. The fourth-order valence-electron chi connectivity index (χ4n) is 0.964. The molecule has 0 saturated heterocycles. The van der Waals surface area contributed by atoms with E-state index in [9.17, 15) is 9.59 Å². The maximum atomic E-state index is 11.3. The molecule has 3 N–H and O–H groups in total. The second-order valence-corrected chi connectivity index (χ2v) is 4.23. The lowest BCUT2D eigenvalue weighted by Crippen LogP contribution is -2.31. The van der Waals surface area contributed by atoms with E-state index in [2.05, 4.69) is 10.2 Å². The summed E-state index contributed by atoms with van der Waals surface area (Å²) < 4.78 is 0. The van der Waals surface area contributed by atoms with Crippen LogP contribution < -0.4 is 10.8 Å². The molecule has 0 atom stereocenters. The lowest BCUT2D eigenvalue weighted by atomic mass is 10.3. The number of halogens is 3. The average Bonchev–Trinajstić information content (AvgIpc) is 2.22. The molecule has 1 aromatic carbocycles. The van der Waals surface area contributed by atoms with Gasteiger partial charge in [0.1, 0.15) is 0 Å². The lowest BCUT2D eigenvalue weighted by Gasteiger charge is -2.10. The van der Waals surface area contributed by atoms with Crippen LogP contribution in [0, 0.1) is 0 Å². The highest BCUT2D eigenvalue weighted by Gasteiger charge is 2.11. The molecule has 0 bridgehead atoms. The zero-order valence-electron chi connectivity index (χ0n) is 8.67. The van der Waals surface area contributed by atoms with Gasteiger partial charge >= 0.3 is 12.0 Å². The number of hydrogen-bond donors (Lipinski definition) is 3. The normalized spacial score (nSPS) is 9.94. The van der Waals surface area contributed by atoms with Crippen molar-refractivity contribution in [2.75, 3.05) is 11.9 Å². The molecule has 6 nitrogen and oxygen atoms in total. The van der Waals surface area contributed by atoms with Crippen LogP contribution >= 0.6 is 34.8 Å². The number of amides is 2. The summed E-state index contributed by atoms with van der Waals surface area (Å²) in [6, 6.07) is 1.97. The standard InChI is InChI=1S/C9H7Cl3N2O4/c10-4-1-5(11)8(6(12)2-4)13-9(17)14-18-3-7(15)16/h1-2H,3H2,(H,15,16)(H2,13,14,17). The van der Waals surface area contributed by atoms with Crippen LogP contribution in [0.3, 0.4) is 0 Å². The number of hydrogen-bond acceptors (Lipinski definition) is 3. The lowest BCUT2D eigenvalue weighted by molar-refractivity contribution is -0.143. The second-order valence-electron chi connectivity index (χ2n) is 2.98. The van der Waals surface area contributed by atoms with Gasteiger partial charge in [0.25, 0.3) is 0 Å². The first-order valence-electron chi connectivity index (χ1n) is 4.45. The van der Waals surface area contributed by atoms with E-state index in [0.717, 1.165) is 0 Å². The van der Waals surface area contributed by atoms with Gasteiger partial charge in [-0.1, -0.05) is 34.8 Å². The Labute approximate surface area is 117 Å². The summed E-state index contributed by atoms with van der Waals surface area (Å²) in [5, 5.41) is 11.2. The number of hydroxylamine groups is 1. The third-order valence-electron chi connectivity index (χ3n) is 1.61. The van der Waals surface area contributed by atoms with Gasteiger partial charge in [-0.25, -0.2) is 15.1 Å². The first-order valence-corrected chi connectivity index (χ1v) is 5.58. The zero-order chi connectivity index (χ0) is 13.7. The van der Waals surface area contributed by atoms with Crippen LogP contribution in [0.4, 0.5) is 10.5 Å². The maximum absolute atomic E-state index is 11.3. The quantitative estimate of drug-likeness (QED) is 0.746. The number of carboxylic acids is 1. The maximum Gasteiger partial charge on any atom is 0.343 e. The molecular formula is C9H7Cl3N2O4. The molecular weight excluding hydrogens is 306 g/mol. The molecule has 0 radical (unpaired) electrons. The Morgan fingerprint density at radius 1 is 1.22 bits per heavy atom. The van der Waals surface area contributed by atoms with Gasteiger partial charge in [-0.3, -0.25) is 4.84 Å². The number of benzene rings is 1. The Balaban J connectivity index is 2.62. The topological polar surface area (TPSA) is 87.7 Å².